The molecule has 0 spiro atoms. The maximum atomic E-state index is 13.3. The van der Waals surface area contributed by atoms with Gasteiger partial charge in [0.25, 0.3) is 0 Å². The maximum absolute atomic E-state index is 13.3. The highest BCUT2D eigenvalue weighted by Gasteiger charge is 2.47. The molecule has 2 unspecified atom stereocenters. The fourth-order valence-electron chi connectivity index (χ4n) is 5.47. The van der Waals surface area contributed by atoms with Gasteiger partial charge in [-0.3, -0.25) is 19.3 Å². The second kappa shape index (κ2) is 10.7. The number of carbonyl (C=O) groups excluding carboxylic acids is 4. The zero-order chi connectivity index (χ0) is 28.7. The molecule has 6 rings (SSSR count). The minimum atomic E-state index is -0.646. The molecule has 2 aliphatic rings. The van der Waals surface area contributed by atoms with E-state index in [1.54, 1.807) is 60.7 Å². The number of halogens is 1. The monoisotopic (exact) mass is 564 g/mol. The van der Waals surface area contributed by atoms with E-state index in [2.05, 4.69) is 0 Å². The highest BCUT2D eigenvalue weighted by atomic mass is 35.5. The van der Waals surface area contributed by atoms with E-state index in [9.17, 15) is 19.2 Å². The molecule has 2 heterocycles. The van der Waals surface area contributed by atoms with Gasteiger partial charge in [0.05, 0.1) is 34.3 Å². The number of ether oxygens (including phenoxy) is 1. The highest BCUT2D eigenvalue weighted by Crippen LogP contribution is 2.38. The number of para-hydroxylation sites is 1. The molecule has 1 aliphatic heterocycles. The first kappa shape index (κ1) is 26.6. The Labute approximate surface area is 241 Å². The molecule has 1 aliphatic carbocycles. The fraction of sp³-hybridized carbons (Fsp3) is 0.182. The van der Waals surface area contributed by atoms with Crippen molar-refractivity contribution in [3.05, 3.63) is 107 Å². The number of pyridine rings is 1. The van der Waals surface area contributed by atoms with Crippen LogP contribution in [0.4, 0.5) is 5.69 Å². The summed E-state index contributed by atoms with van der Waals surface area (Å²) in [5, 5.41) is 1.12. The number of rotatable bonds is 6. The van der Waals surface area contributed by atoms with Gasteiger partial charge >= 0.3 is 5.97 Å². The topological polar surface area (TPSA) is 93.6 Å². The summed E-state index contributed by atoms with van der Waals surface area (Å²) in [6, 6.07) is 20.5. The maximum Gasteiger partial charge on any atom is 0.339 e. The van der Waals surface area contributed by atoms with Crippen LogP contribution in [-0.4, -0.2) is 35.2 Å². The summed E-state index contributed by atoms with van der Waals surface area (Å²) in [4.78, 5) is 57.9. The lowest BCUT2D eigenvalue weighted by Gasteiger charge is -2.16. The van der Waals surface area contributed by atoms with Gasteiger partial charge < -0.3 is 4.74 Å². The van der Waals surface area contributed by atoms with Gasteiger partial charge in [-0.1, -0.05) is 54.1 Å². The first-order chi connectivity index (χ1) is 19.8. The molecule has 1 fully saturated rings. The molecule has 2 atom stereocenters. The molecule has 2 amide bonds. The van der Waals surface area contributed by atoms with Crippen molar-refractivity contribution < 1.29 is 23.9 Å². The van der Waals surface area contributed by atoms with E-state index in [1.165, 1.54) is 4.90 Å². The number of nitrogens with zero attached hydrogens (tertiary/aromatic N) is 2. The second-order valence-corrected chi connectivity index (χ2v) is 10.7. The third-order valence-electron chi connectivity index (χ3n) is 7.69. The number of anilines is 1. The van der Waals surface area contributed by atoms with Gasteiger partial charge in [-0.25, -0.2) is 9.78 Å². The fourth-order valence-corrected chi connectivity index (χ4v) is 5.60. The number of aromatic nitrogens is 1. The molecule has 1 aromatic heterocycles. The summed E-state index contributed by atoms with van der Waals surface area (Å²) in [6.07, 6.45) is 5.08. The lowest BCUT2D eigenvalue weighted by atomic mass is 9.85. The number of Topliss-reactive ketones (excluding diaryl/α,β-unsaturated/α-hetero) is 1. The van der Waals surface area contributed by atoms with Gasteiger partial charge in [0, 0.05) is 21.5 Å². The lowest BCUT2D eigenvalue weighted by molar-refractivity contribution is -0.122. The Hall–Kier alpha value is -4.62. The first-order valence-electron chi connectivity index (χ1n) is 13.3. The van der Waals surface area contributed by atoms with Crippen molar-refractivity contribution in [2.75, 3.05) is 11.5 Å². The van der Waals surface area contributed by atoms with Gasteiger partial charge in [-0.2, -0.15) is 0 Å². The van der Waals surface area contributed by atoms with Gasteiger partial charge in [0.1, 0.15) is 0 Å². The zero-order valence-electron chi connectivity index (χ0n) is 22.2. The van der Waals surface area contributed by atoms with E-state index in [-0.39, 0.29) is 35.0 Å². The average Bonchev–Trinajstić information content (AvgIpc) is 3.25. The van der Waals surface area contributed by atoms with Crippen molar-refractivity contribution in [2.45, 2.75) is 19.8 Å². The molecule has 8 heteroatoms. The van der Waals surface area contributed by atoms with E-state index >= 15 is 0 Å². The number of carbonyl (C=O) groups is 4. The summed E-state index contributed by atoms with van der Waals surface area (Å²) in [6.45, 7) is 1.48. The summed E-state index contributed by atoms with van der Waals surface area (Å²) in [5.41, 5.74) is 3.90. The van der Waals surface area contributed by atoms with Crippen molar-refractivity contribution in [2.24, 2.45) is 11.8 Å². The Balaban J connectivity index is 1.29. The molecule has 1 saturated heterocycles. The van der Waals surface area contributed by atoms with Crippen molar-refractivity contribution in [3.63, 3.8) is 0 Å². The Kier molecular flexibility index (Phi) is 6.97. The standard InChI is InChI=1S/C33H25ClN2O5/c1-19-5-4-8-24-27(33(40)41-18-29(37)21-9-13-22(34)14-10-21)17-28(35-30(19)24)20-11-15-23(16-12-20)36-31(38)25-6-2-3-7-26(25)32(36)39/h2-5,8-17,25-26H,6-7,18H2,1H3. The molecular formula is C33H25ClN2O5. The number of allylic oxidation sites excluding steroid dienone is 2. The number of imide groups is 1. The van der Waals surface area contributed by atoms with Crippen molar-refractivity contribution in [3.8, 4) is 11.3 Å². The summed E-state index contributed by atoms with van der Waals surface area (Å²) in [5.74, 6) is -1.95. The first-order valence-corrected chi connectivity index (χ1v) is 13.7. The second-order valence-electron chi connectivity index (χ2n) is 10.2. The van der Waals surface area contributed by atoms with Gasteiger partial charge in [0.15, 0.2) is 12.4 Å². The van der Waals surface area contributed by atoms with E-state index in [4.69, 9.17) is 21.3 Å². The number of fused-ring (bicyclic) bond motifs is 2. The third-order valence-corrected chi connectivity index (χ3v) is 7.94. The number of esters is 1. The molecular weight excluding hydrogens is 540 g/mol. The van der Waals surface area contributed by atoms with Crippen LogP contribution in [0.5, 0.6) is 0 Å². The van der Waals surface area contributed by atoms with Crippen LogP contribution in [0, 0.1) is 18.8 Å². The predicted molar refractivity (Wildman–Crippen MR) is 156 cm³/mol. The van der Waals surface area contributed by atoms with E-state index in [0.29, 0.717) is 51.3 Å². The quantitative estimate of drug-likeness (QED) is 0.117. The van der Waals surface area contributed by atoms with Crippen LogP contribution in [0.2, 0.25) is 5.02 Å². The Morgan fingerprint density at radius 2 is 1.59 bits per heavy atom. The van der Waals surface area contributed by atoms with Crippen LogP contribution in [0.15, 0.2) is 84.9 Å². The van der Waals surface area contributed by atoms with Crippen LogP contribution in [0.1, 0.15) is 39.1 Å². The zero-order valence-corrected chi connectivity index (χ0v) is 22.9. The van der Waals surface area contributed by atoms with Crippen molar-refractivity contribution in [1.82, 2.24) is 4.98 Å². The third kappa shape index (κ3) is 4.93. The summed E-state index contributed by atoms with van der Waals surface area (Å²) >= 11 is 5.90. The molecule has 0 N–H and O–H groups in total. The normalized spacial score (nSPS) is 18.0. The number of amides is 2. The van der Waals surface area contributed by atoms with Gasteiger partial charge in [0.2, 0.25) is 11.8 Å². The number of benzene rings is 3. The van der Waals surface area contributed by atoms with E-state index in [1.807, 2.05) is 31.2 Å². The molecule has 4 aromatic rings. The van der Waals surface area contributed by atoms with E-state index in [0.717, 1.165) is 5.56 Å². The number of hydrogen-bond acceptors (Lipinski definition) is 6. The molecule has 41 heavy (non-hydrogen) atoms. The SMILES string of the molecule is Cc1cccc2c(C(=O)OCC(=O)c3ccc(Cl)cc3)cc(-c3ccc(N4C(=O)C5CC=CCC5C4=O)cc3)nc12. The molecule has 7 nitrogen and oxygen atoms in total. The molecule has 0 bridgehead atoms. The summed E-state index contributed by atoms with van der Waals surface area (Å²) in [7, 11) is 0. The van der Waals surface area contributed by atoms with Crippen LogP contribution in [0.3, 0.4) is 0 Å². The van der Waals surface area contributed by atoms with Crippen LogP contribution in [-0.2, 0) is 14.3 Å². The molecule has 0 radical (unpaired) electrons. The molecule has 3 aromatic carbocycles. The highest BCUT2D eigenvalue weighted by molar-refractivity contribution is 6.30. The van der Waals surface area contributed by atoms with Gasteiger partial charge in [-0.05, 0) is 67.8 Å². The lowest BCUT2D eigenvalue weighted by Crippen LogP contribution is -2.30. The minimum absolute atomic E-state index is 0.172. The summed E-state index contributed by atoms with van der Waals surface area (Å²) < 4.78 is 5.43. The van der Waals surface area contributed by atoms with Crippen molar-refractivity contribution >= 4 is 51.8 Å². The predicted octanol–water partition coefficient (Wildman–Crippen LogP) is 6.36. The molecule has 0 saturated carbocycles. The molecule has 204 valence electrons. The average molecular weight is 565 g/mol. The number of hydrogen-bond donors (Lipinski definition) is 0. The number of aryl methyl sites for hydroxylation is 1. The van der Waals surface area contributed by atoms with Crippen molar-refractivity contribution in [1.29, 1.82) is 0 Å². The van der Waals surface area contributed by atoms with E-state index < -0.39 is 12.6 Å². The van der Waals surface area contributed by atoms with Gasteiger partial charge in [-0.15, -0.1) is 0 Å². The van der Waals surface area contributed by atoms with Crippen LogP contribution >= 0.6 is 11.6 Å². The number of ketones is 1. The Morgan fingerprint density at radius 1 is 0.927 bits per heavy atom. The smallest absolute Gasteiger partial charge is 0.339 e. The van der Waals surface area contributed by atoms with Crippen LogP contribution in [0.25, 0.3) is 22.2 Å². The largest absolute Gasteiger partial charge is 0.454 e. The van der Waals surface area contributed by atoms with Crippen LogP contribution < -0.4 is 4.90 Å². The Bertz CT molecular complexity index is 1720. The minimum Gasteiger partial charge on any atom is -0.454 e. The Morgan fingerprint density at radius 3 is 2.24 bits per heavy atom.